The highest BCUT2D eigenvalue weighted by atomic mass is 79.9. The highest BCUT2D eigenvalue weighted by Crippen LogP contribution is 2.26. The van der Waals surface area contributed by atoms with Crippen LogP contribution in [0.2, 0.25) is 0 Å². The summed E-state index contributed by atoms with van der Waals surface area (Å²) in [5.41, 5.74) is 3.88. The molecule has 2 aromatic carbocycles. The van der Waals surface area contributed by atoms with Crippen LogP contribution in [0.15, 0.2) is 40.9 Å². The number of ether oxygens (including phenoxy) is 1. The van der Waals surface area contributed by atoms with E-state index in [2.05, 4.69) is 26.0 Å². The van der Waals surface area contributed by atoms with Gasteiger partial charge >= 0.3 is 6.61 Å². The van der Waals surface area contributed by atoms with E-state index in [-0.39, 0.29) is 5.75 Å². The van der Waals surface area contributed by atoms with Gasteiger partial charge in [0.2, 0.25) is 0 Å². The van der Waals surface area contributed by atoms with Crippen molar-refractivity contribution in [2.75, 3.05) is 5.32 Å². The van der Waals surface area contributed by atoms with E-state index >= 15 is 0 Å². The first-order chi connectivity index (χ1) is 9.97. The van der Waals surface area contributed by atoms with Crippen molar-refractivity contribution >= 4 is 21.6 Å². The standard InChI is InChI=1S/C16H16BrF2NO/c1-10-7-13(8-11(2)15(10)17)20-9-12-5-3-4-6-14(12)21-16(18)19/h3-8,16,20H,9H2,1-2H3. The smallest absolute Gasteiger partial charge is 0.387 e. The van der Waals surface area contributed by atoms with Crippen molar-refractivity contribution in [1.82, 2.24) is 0 Å². The van der Waals surface area contributed by atoms with E-state index in [1.54, 1.807) is 24.3 Å². The molecule has 0 unspecified atom stereocenters. The first-order valence-electron chi connectivity index (χ1n) is 6.50. The summed E-state index contributed by atoms with van der Waals surface area (Å²) < 4.78 is 30.3. The van der Waals surface area contributed by atoms with Crippen LogP contribution in [0.5, 0.6) is 5.75 Å². The summed E-state index contributed by atoms with van der Waals surface area (Å²) in [5, 5.41) is 3.24. The molecule has 5 heteroatoms. The van der Waals surface area contributed by atoms with Gasteiger partial charge in [-0.1, -0.05) is 34.1 Å². The maximum Gasteiger partial charge on any atom is 0.387 e. The molecule has 2 nitrogen and oxygen atoms in total. The first kappa shape index (κ1) is 15.8. The van der Waals surface area contributed by atoms with Crippen LogP contribution in [0.25, 0.3) is 0 Å². The van der Waals surface area contributed by atoms with Crippen LogP contribution in [-0.2, 0) is 6.54 Å². The molecule has 1 N–H and O–H groups in total. The van der Waals surface area contributed by atoms with Gasteiger partial charge in [-0.05, 0) is 43.2 Å². The third-order valence-electron chi connectivity index (χ3n) is 3.11. The number of halogens is 3. The van der Waals surface area contributed by atoms with Crippen LogP contribution >= 0.6 is 15.9 Å². The quantitative estimate of drug-likeness (QED) is 0.787. The highest BCUT2D eigenvalue weighted by Gasteiger charge is 2.09. The van der Waals surface area contributed by atoms with Crippen LogP contribution in [0.3, 0.4) is 0 Å². The lowest BCUT2D eigenvalue weighted by atomic mass is 10.1. The minimum Gasteiger partial charge on any atom is -0.434 e. The van der Waals surface area contributed by atoms with Crippen molar-refractivity contribution in [1.29, 1.82) is 0 Å². The van der Waals surface area contributed by atoms with E-state index in [4.69, 9.17) is 0 Å². The molecular formula is C16H16BrF2NO. The molecule has 0 aliphatic heterocycles. The summed E-state index contributed by atoms with van der Waals surface area (Å²) in [6, 6.07) is 10.8. The zero-order valence-corrected chi connectivity index (χ0v) is 13.4. The van der Waals surface area contributed by atoms with Gasteiger partial charge in [0.1, 0.15) is 5.75 Å². The average molecular weight is 356 g/mol. The maximum atomic E-state index is 12.4. The summed E-state index contributed by atoms with van der Waals surface area (Å²) >= 11 is 3.52. The molecule has 0 fully saturated rings. The zero-order chi connectivity index (χ0) is 15.4. The number of hydrogen-bond acceptors (Lipinski definition) is 2. The number of rotatable bonds is 5. The molecule has 0 spiro atoms. The van der Waals surface area contributed by atoms with Gasteiger partial charge in [-0.2, -0.15) is 8.78 Å². The van der Waals surface area contributed by atoms with Gasteiger partial charge in [0.05, 0.1) is 0 Å². The number of hydrogen-bond donors (Lipinski definition) is 1. The second kappa shape index (κ2) is 6.89. The second-order valence-corrected chi connectivity index (χ2v) is 5.56. The Labute approximate surface area is 131 Å². The molecule has 0 radical (unpaired) electrons. The fourth-order valence-electron chi connectivity index (χ4n) is 2.11. The van der Waals surface area contributed by atoms with Gasteiger partial charge in [0, 0.05) is 22.3 Å². The summed E-state index contributed by atoms with van der Waals surface area (Å²) in [5.74, 6) is 0.200. The molecule has 2 aromatic rings. The third-order valence-corrected chi connectivity index (χ3v) is 4.36. The molecule has 21 heavy (non-hydrogen) atoms. The van der Waals surface area contributed by atoms with Gasteiger partial charge in [-0.25, -0.2) is 0 Å². The van der Waals surface area contributed by atoms with Crippen molar-refractivity contribution in [3.05, 3.63) is 57.6 Å². The Kier molecular flexibility index (Phi) is 5.17. The van der Waals surface area contributed by atoms with Gasteiger partial charge in [0.15, 0.2) is 0 Å². The number of anilines is 1. The molecule has 0 amide bonds. The van der Waals surface area contributed by atoms with Crippen molar-refractivity contribution in [3.63, 3.8) is 0 Å². The largest absolute Gasteiger partial charge is 0.434 e. The Morgan fingerprint density at radius 3 is 2.38 bits per heavy atom. The van der Waals surface area contributed by atoms with Crippen molar-refractivity contribution in [3.8, 4) is 5.75 Å². The van der Waals surface area contributed by atoms with E-state index in [1.807, 2.05) is 26.0 Å². The first-order valence-corrected chi connectivity index (χ1v) is 7.30. The zero-order valence-electron chi connectivity index (χ0n) is 11.8. The Morgan fingerprint density at radius 2 is 1.76 bits per heavy atom. The normalized spacial score (nSPS) is 10.8. The number of alkyl halides is 2. The molecule has 0 aromatic heterocycles. The highest BCUT2D eigenvalue weighted by molar-refractivity contribution is 9.10. The van der Waals surface area contributed by atoms with Crippen molar-refractivity contribution in [2.45, 2.75) is 27.0 Å². The third kappa shape index (κ3) is 4.17. The molecule has 0 aliphatic rings. The molecular weight excluding hydrogens is 340 g/mol. The summed E-state index contributed by atoms with van der Waals surface area (Å²) in [7, 11) is 0. The molecule has 112 valence electrons. The van der Waals surface area contributed by atoms with Gasteiger partial charge < -0.3 is 10.1 Å². The van der Waals surface area contributed by atoms with Gasteiger partial charge in [0.25, 0.3) is 0 Å². The SMILES string of the molecule is Cc1cc(NCc2ccccc2OC(F)F)cc(C)c1Br. The monoisotopic (exact) mass is 355 g/mol. The second-order valence-electron chi connectivity index (χ2n) is 4.76. The van der Waals surface area contributed by atoms with E-state index < -0.39 is 6.61 Å². The number of para-hydroxylation sites is 1. The molecule has 0 aliphatic carbocycles. The molecule has 0 saturated carbocycles. The molecule has 2 rings (SSSR count). The van der Waals surface area contributed by atoms with Crippen LogP contribution in [0.4, 0.5) is 14.5 Å². The van der Waals surface area contributed by atoms with Crippen molar-refractivity contribution < 1.29 is 13.5 Å². The van der Waals surface area contributed by atoms with E-state index in [9.17, 15) is 8.78 Å². The molecule has 0 bridgehead atoms. The van der Waals surface area contributed by atoms with Crippen LogP contribution in [0, 0.1) is 13.8 Å². The molecule has 0 saturated heterocycles. The lowest BCUT2D eigenvalue weighted by molar-refractivity contribution is -0.0504. The molecule has 0 atom stereocenters. The van der Waals surface area contributed by atoms with Crippen LogP contribution < -0.4 is 10.1 Å². The minimum absolute atomic E-state index is 0.200. The topological polar surface area (TPSA) is 21.3 Å². The molecule has 0 heterocycles. The summed E-state index contributed by atoms with van der Waals surface area (Å²) in [6.07, 6.45) is 0. The lowest BCUT2D eigenvalue weighted by Gasteiger charge is -2.13. The van der Waals surface area contributed by atoms with Gasteiger partial charge in [-0.15, -0.1) is 0 Å². The van der Waals surface area contributed by atoms with Crippen LogP contribution in [-0.4, -0.2) is 6.61 Å². The average Bonchev–Trinajstić information content (AvgIpc) is 2.43. The fourth-order valence-corrected chi connectivity index (χ4v) is 2.33. The number of benzene rings is 2. The Hall–Kier alpha value is -1.62. The van der Waals surface area contributed by atoms with E-state index in [0.29, 0.717) is 12.1 Å². The predicted octanol–water partition coefficient (Wildman–Crippen LogP) is 5.28. The summed E-state index contributed by atoms with van der Waals surface area (Å²) in [6.45, 7) is 1.62. The van der Waals surface area contributed by atoms with E-state index in [1.165, 1.54) is 0 Å². The predicted molar refractivity (Wildman–Crippen MR) is 84.0 cm³/mol. The Balaban J connectivity index is 2.13. The fraction of sp³-hybridized carbons (Fsp3) is 0.250. The minimum atomic E-state index is -2.82. The maximum absolute atomic E-state index is 12.4. The van der Waals surface area contributed by atoms with E-state index in [0.717, 1.165) is 21.3 Å². The van der Waals surface area contributed by atoms with Gasteiger partial charge in [-0.3, -0.25) is 0 Å². The number of aryl methyl sites for hydroxylation is 2. The Morgan fingerprint density at radius 1 is 1.14 bits per heavy atom. The van der Waals surface area contributed by atoms with Crippen molar-refractivity contribution in [2.24, 2.45) is 0 Å². The summed E-state index contributed by atoms with van der Waals surface area (Å²) in [4.78, 5) is 0. The number of nitrogens with one attached hydrogen (secondary N) is 1. The van der Waals surface area contributed by atoms with Crippen LogP contribution in [0.1, 0.15) is 16.7 Å². The lowest BCUT2D eigenvalue weighted by Crippen LogP contribution is -2.07. The Bertz CT molecular complexity index is 608.